The number of cyclic esters (lactones) is 1. The summed E-state index contributed by atoms with van der Waals surface area (Å²) in [6, 6.07) is 42.1. The molecule has 0 aliphatic carbocycles. The summed E-state index contributed by atoms with van der Waals surface area (Å²) < 4.78 is 67.0. The van der Waals surface area contributed by atoms with Gasteiger partial charge in [-0.3, -0.25) is 28.8 Å². The predicted octanol–water partition coefficient (Wildman–Crippen LogP) is 13.2. The molecule has 2 aliphatic heterocycles. The lowest BCUT2D eigenvalue weighted by atomic mass is 9.78. The third-order valence-electron chi connectivity index (χ3n) is 14.3. The zero-order valence-corrected chi connectivity index (χ0v) is 44.4. The Balaban J connectivity index is 0.824. The molecule has 13 nitrogen and oxygen atoms in total. The van der Waals surface area contributed by atoms with Crippen LogP contribution in [0.1, 0.15) is 117 Å². The van der Waals surface area contributed by atoms with Gasteiger partial charge in [0.2, 0.25) is 5.91 Å². The van der Waals surface area contributed by atoms with E-state index < -0.39 is 71.6 Å². The molecule has 2 amide bonds. The Kier molecular flexibility index (Phi) is 17.7. The van der Waals surface area contributed by atoms with Gasteiger partial charge in [0.1, 0.15) is 41.5 Å². The number of carbonyl (C=O) groups is 6. The zero-order chi connectivity index (χ0) is 56.5. The number of hydrogen-bond acceptors (Lipinski definition) is 10. The lowest BCUT2D eigenvalue weighted by Gasteiger charge is -2.48. The van der Waals surface area contributed by atoms with Crippen molar-refractivity contribution in [3.05, 3.63) is 198 Å². The smallest absolute Gasteiger partial charge is 0.311 e. The largest absolute Gasteiger partial charge is 0.462 e. The van der Waals surface area contributed by atoms with E-state index in [0.717, 1.165) is 11.3 Å². The second-order valence-electron chi connectivity index (χ2n) is 20.3. The Hall–Kier alpha value is -8.79. The highest BCUT2D eigenvalue weighted by Crippen LogP contribution is 2.47. The van der Waals surface area contributed by atoms with E-state index in [4.69, 9.17) is 18.9 Å². The van der Waals surface area contributed by atoms with Crippen LogP contribution in [0, 0.1) is 23.4 Å². The van der Waals surface area contributed by atoms with Gasteiger partial charge in [-0.05, 0) is 132 Å². The molecule has 16 heteroatoms. The maximum absolute atomic E-state index is 14.5. The highest BCUT2D eigenvalue weighted by molar-refractivity contribution is 6.12. The average molecular weight is 1090 g/mol. The van der Waals surface area contributed by atoms with E-state index in [1.54, 1.807) is 41.3 Å². The zero-order valence-electron chi connectivity index (χ0n) is 44.4. The van der Waals surface area contributed by atoms with E-state index >= 15 is 0 Å². The van der Waals surface area contributed by atoms with E-state index in [2.05, 4.69) is 9.88 Å². The van der Waals surface area contributed by atoms with Crippen molar-refractivity contribution in [2.75, 3.05) is 10.2 Å². The van der Waals surface area contributed by atoms with Gasteiger partial charge in [0, 0.05) is 61.8 Å². The Morgan fingerprint density at radius 1 is 0.713 bits per heavy atom. The summed E-state index contributed by atoms with van der Waals surface area (Å²) >= 11 is 0. The molecule has 412 valence electrons. The molecule has 2 saturated heterocycles. The molecule has 0 saturated carbocycles. The number of β-lactam (4-membered cyclic amide) rings is 1. The van der Waals surface area contributed by atoms with Gasteiger partial charge < -0.3 is 33.7 Å². The minimum atomic E-state index is -0.785. The fourth-order valence-corrected chi connectivity index (χ4v) is 10.7. The minimum Gasteiger partial charge on any atom is -0.462 e. The minimum absolute atomic E-state index is 0.100. The molecule has 9 rings (SSSR count). The number of benzene rings is 6. The lowest BCUT2D eigenvalue weighted by Crippen LogP contribution is -2.55. The first-order valence-electron chi connectivity index (χ1n) is 26.7. The first kappa shape index (κ1) is 55.9. The fourth-order valence-electron chi connectivity index (χ4n) is 10.7. The number of rotatable bonds is 21. The number of aromatic nitrogens is 1. The predicted molar refractivity (Wildman–Crippen MR) is 294 cm³/mol. The van der Waals surface area contributed by atoms with Gasteiger partial charge in [-0.15, -0.1) is 0 Å². The molecule has 2 fully saturated rings. The molecule has 1 N–H and O–H groups in total. The Labute approximate surface area is 461 Å². The van der Waals surface area contributed by atoms with E-state index in [9.17, 15) is 41.9 Å². The summed E-state index contributed by atoms with van der Waals surface area (Å²) in [6.07, 6.45) is -1.39. The van der Waals surface area contributed by atoms with Crippen LogP contribution in [0.3, 0.4) is 0 Å². The van der Waals surface area contributed by atoms with Gasteiger partial charge in [0.25, 0.3) is 5.91 Å². The molecule has 0 spiro atoms. The molecule has 3 heterocycles. The first-order valence-corrected chi connectivity index (χ1v) is 26.7. The molecule has 1 aromatic heterocycles. The van der Waals surface area contributed by atoms with Crippen LogP contribution in [0.25, 0.3) is 22.4 Å². The van der Waals surface area contributed by atoms with Crippen molar-refractivity contribution in [1.29, 1.82) is 0 Å². The van der Waals surface area contributed by atoms with Crippen LogP contribution in [-0.2, 0) is 44.7 Å². The Bertz CT molecular complexity index is 3330. The number of carbonyl (C=O) groups excluding carboxylic acids is 6. The van der Waals surface area contributed by atoms with Crippen LogP contribution in [0.4, 0.5) is 24.5 Å². The van der Waals surface area contributed by atoms with Crippen LogP contribution in [0.5, 0.6) is 5.75 Å². The van der Waals surface area contributed by atoms with Gasteiger partial charge in [-0.2, -0.15) is 0 Å². The van der Waals surface area contributed by atoms with Gasteiger partial charge in [-0.25, -0.2) is 13.2 Å². The molecule has 80 heavy (non-hydrogen) atoms. The highest BCUT2D eigenvalue weighted by atomic mass is 19.1. The van der Waals surface area contributed by atoms with Gasteiger partial charge in [-0.1, -0.05) is 86.6 Å². The van der Waals surface area contributed by atoms with E-state index in [-0.39, 0.29) is 68.6 Å². The third-order valence-corrected chi connectivity index (χ3v) is 14.3. The summed E-state index contributed by atoms with van der Waals surface area (Å²) in [4.78, 5) is 81.2. The fraction of sp³-hybridized carbons (Fsp3) is 0.281. The van der Waals surface area contributed by atoms with Crippen molar-refractivity contribution in [3.63, 3.8) is 0 Å². The highest BCUT2D eigenvalue weighted by Gasteiger charge is 2.49. The van der Waals surface area contributed by atoms with Crippen molar-refractivity contribution in [2.24, 2.45) is 5.92 Å². The third kappa shape index (κ3) is 13.4. The molecule has 5 atom stereocenters. The van der Waals surface area contributed by atoms with Crippen molar-refractivity contribution in [2.45, 2.75) is 109 Å². The monoisotopic (exact) mass is 1090 g/mol. The van der Waals surface area contributed by atoms with E-state index in [0.29, 0.717) is 57.7 Å². The summed E-state index contributed by atoms with van der Waals surface area (Å²) in [6.45, 7) is 5.56. The standard InChI is InChI=1S/C64H60F3N3O10/c1-39(2)60-59(63(75)68-48-13-8-5-9-14-48)58(42-11-6-4-7-12-42)62(44-19-25-46(66)26-20-44)69(60)36-35-51-37-52(38-57(74)79-51)80-56(73)16-10-15-55(72)78-50-31-21-43(22-32-50)61-53(64(76)70(61)49-29-27-47(67)28-30-49)33-34-54(77-40(3)71)41-17-23-45(65)24-18-41/h4-9,11-14,17-32,39,51-54,61H,10,15-16,33-38H2,1-3H3,(H,68,75)/t51?,52?,53-,54+,61?/m1/s1. The van der Waals surface area contributed by atoms with Crippen molar-refractivity contribution >= 4 is 47.1 Å². The SMILES string of the molecule is CC(=O)O[C@@H](CC[C@H]1C(=O)N(c2ccc(F)cc2)C1c1ccc(OC(=O)CCCC(=O)OC2CC(=O)OC(CCn3c(-c4ccc(F)cc4)c(-c4ccccc4)c(C(=O)Nc4ccccc4)c3C(C)C)C2)cc1)c1ccc(F)cc1. The van der Waals surface area contributed by atoms with E-state index in [1.165, 1.54) is 67.6 Å². The lowest BCUT2D eigenvalue weighted by molar-refractivity contribution is -0.169. The van der Waals surface area contributed by atoms with Gasteiger partial charge in [0.05, 0.1) is 29.6 Å². The molecule has 3 unspecified atom stereocenters. The number of esters is 4. The van der Waals surface area contributed by atoms with Crippen molar-refractivity contribution < 1.29 is 60.9 Å². The number of nitrogens with one attached hydrogen (secondary N) is 1. The molecule has 7 aromatic rings. The number of para-hydroxylation sites is 1. The molecular weight excluding hydrogens is 1030 g/mol. The number of nitrogens with zero attached hydrogens (tertiary/aromatic N) is 2. The number of anilines is 2. The summed E-state index contributed by atoms with van der Waals surface area (Å²) in [5.74, 6) is -4.63. The van der Waals surface area contributed by atoms with Crippen molar-refractivity contribution in [1.82, 2.24) is 4.57 Å². The molecule has 6 aromatic carbocycles. The van der Waals surface area contributed by atoms with Crippen molar-refractivity contribution in [3.8, 4) is 28.1 Å². The summed E-state index contributed by atoms with van der Waals surface area (Å²) in [5, 5.41) is 3.07. The number of hydrogen-bond donors (Lipinski definition) is 1. The van der Waals surface area contributed by atoms with Crippen LogP contribution in [-0.4, -0.2) is 52.5 Å². The molecule has 0 radical (unpaired) electrons. The van der Waals surface area contributed by atoms with Crippen LogP contribution in [0.15, 0.2) is 158 Å². The number of ether oxygens (including phenoxy) is 4. The topological polar surface area (TPSA) is 160 Å². The number of amides is 2. The maximum atomic E-state index is 14.5. The Morgan fingerprint density at radius 2 is 1.32 bits per heavy atom. The summed E-state index contributed by atoms with van der Waals surface area (Å²) in [7, 11) is 0. The number of halogens is 3. The van der Waals surface area contributed by atoms with Crippen LogP contribution < -0.4 is 15.0 Å². The molecule has 2 aliphatic rings. The first-order chi connectivity index (χ1) is 38.6. The van der Waals surface area contributed by atoms with Gasteiger partial charge >= 0.3 is 23.9 Å². The second-order valence-corrected chi connectivity index (χ2v) is 20.3. The van der Waals surface area contributed by atoms with Crippen LogP contribution >= 0.6 is 0 Å². The second kappa shape index (κ2) is 25.3. The summed E-state index contributed by atoms with van der Waals surface area (Å²) in [5.41, 5.74) is 6.40. The Morgan fingerprint density at radius 3 is 1.96 bits per heavy atom. The quantitative estimate of drug-likeness (QED) is 0.0318. The molecule has 0 bridgehead atoms. The van der Waals surface area contributed by atoms with Gasteiger partial charge in [0.15, 0.2) is 0 Å². The molecular formula is C64H60F3N3O10. The van der Waals surface area contributed by atoms with Crippen LogP contribution in [0.2, 0.25) is 0 Å². The average Bonchev–Trinajstić information content (AvgIpc) is 4.01. The van der Waals surface area contributed by atoms with E-state index in [1.807, 2.05) is 74.5 Å². The normalized spacial score (nSPS) is 17.3. The maximum Gasteiger partial charge on any atom is 0.311 e.